The predicted octanol–water partition coefficient (Wildman–Crippen LogP) is 7.75. The van der Waals surface area contributed by atoms with E-state index < -0.39 is 0 Å². The van der Waals surface area contributed by atoms with Gasteiger partial charge in [0.15, 0.2) is 0 Å². The van der Waals surface area contributed by atoms with Gasteiger partial charge < -0.3 is 5.32 Å². The van der Waals surface area contributed by atoms with Crippen LogP contribution in [0.4, 0.5) is 5.69 Å². The zero-order chi connectivity index (χ0) is 20.3. The van der Waals surface area contributed by atoms with Crippen molar-refractivity contribution in [2.45, 2.75) is 60.4 Å². The zero-order valence-electron chi connectivity index (χ0n) is 18.6. The second-order valence-corrected chi connectivity index (χ2v) is 9.44. The van der Waals surface area contributed by atoms with E-state index in [0.717, 1.165) is 6.54 Å². The molecule has 0 aliphatic heterocycles. The van der Waals surface area contributed by atoms with E-state index in [1.54, 1.807) is 17.8 Å². The maximum atomic E-state index is 3.60. The molecule has 0 saturated carbocycles. The van der Waals surface area contributed by atoms with Crippen LogP contribution in [-0.2, 0) is 34.3 Å². The van der Waals surface area contributed by atoms with Gasteiger partial charge in [-0.3, -0.25) is 0 Å². The van der Waals surface area contributed by atoms with E-state index in [9.17, 15) is 0 Å². The maximum Gasteiger partial charge on any atom is 0.0494 e. The summed E-state index contributed by atoms with van der Waals surface area (Å²) in [7, 11) is 0. The van der Waals surface area contributed by atoms with Crippen molar-refractivity contribution >= 4 is 28.8 Å². The van der Waals surface area contributed by atoms with Crippen LogP contribution in [0.3, 0.4) is 0 Å². The van der Waals surface area contributed by atoms with Crippen LogP contribution in [0, 0.1) is 20.8 Å². The Morgan fingerprint density at radius 1 is 1.07 bits per heavy atom. The van der Waals surface area contributed by atoms with Gasteiger partial charge in [-0.1, -0.05) is 44.5 Å². The van der Waals surface area contributed by atoms with E-state index in [0.29, 0.717) is 0 Å². The van der Waals surface area contributed by atoms with Gasteiger partial charge in [-0.05, 0) is 68.9 Å². The minimum atomic E-state index is 0. The molecule has 2 aromatic rings. The molecule has 0 fully saturated rings. The fourth-order valence-corrected chi connectivity index (χ4v) is 3.52. The van der Waals surface area contributed by atoms with Crippen molar-refractivity contribution in [2.75, 3.05) is 17.8 Å². The van der Waals surface area contributed by atoms with E-state index >= 15 is 0 Å². The van der Waals surface area contributed by atoms with E-state index in [2.05, 4.69) is 77.7 Å². The first-order chi connectivity index (χ1) is 12.1. The molecule has 0 saturated heterocycles. The molecule has 0 bridgehead atoms. The fraction of sp³-hybridized carbons (Fsp3) is 0.478. The minimum Gasteiger partial charge on any atom is -0.380 e. The summed E-state index contributed by atoms with van der Waals surface area (Å²) >= 11 is 3.66. The molecule has 0 aliphatic rings. The molecule has 2 rings (SSSR count). The van der Waals surface area contributed by atoms with E-state index in [-0.39, 0.29) is 27.8 Å². The van der Waals surface area contributed by atoms with Crippen LogP contribution in [0.2, 0.25) is 0 Å². The number of hydrogen-bond acceptors (Lipinski definition) is 3. The molecule has 151 valence electrons. The molecule has 1 heterocycles. The zero-order valence-corrected chi connectivity index (χ0v) is 23.4. The summed E-state index contributed by atoms with van der Waals surface area (Å²) in [6, 6.07) is 8.99. The molecule has 0 atom stereocenters. The third kappa shape index (κ3) is 11.2. The molecule has 1 N–H and O–H groups in total. The molecular formula is C23H37NS2Ta. The van der Waals surface area contributed by atoms with Crippen molar-refractivity contribution in [2.24, 2.45) is 0 Å². The van der Waals surface area contributed by atoms with Crippen molar-refractivity contribution in [3.8, 4) is 0 Å². The Labute approximate surface area is 192 Å². The van der Waals surface area contributed by atoms with Gasteiger partial charge in [0.25, 0.3) is 0 Å². The number of thioether (sulfide) groups is 1. The molecule has 1 nitrogen and oxygen atoms in total. The largest absolute Gasteiger partial charge is 0.380 e. The fourth-order valence-electron chi connectivity index (χ4n) is 2.51. The summed E-state index contributed by atoms with van der Waals surface area (Å²) in [5, 5.41) is 3.60. The van der Waals surface area contributed by atoms with Crippen LogP contribution in [0.1, 0.15) is 54.1 Å². The van der Waals surface area contributed by atoms with Crippen LogP contribution in [-0.4, -0.2) is 12.5 Å². The summed E-state index contributed by atoms with van der Waals surface area (Å²) < 4.78 is 0. The second kappa shape index (κ2) is 14.5. The third-order valence-corrected chi connectivity index (χ3v) is 5.03. The summed E-state index contributed by atoms with van der Waals surface area (Å²) in [6.45, 7) is 19.5. The number of aryl methyl sites for hydroxylation is 3. The summed E-state index contributed by atoms with van der Waals surface area (Å²) in [6.07, 6.45) is 5.83. The molecule has 0 spiro atoms. The standard InChI is InChI=1S/C18H25NS.C3H6.C2H6S.Ta/c1-12-9-13(2)17(14(3)10-12)19-11-15-7-8-16(20-15)18(4,5)6;2*1-3-2;/h7-10,19H,11H2,1-6H3;3H,1H2,2H3;1-2H3;. The van der Waals surface area contributed by atoms with Crippen LogP contribution >= 0.6 is 23.1 Å². The average molecular weight is 573 g/mol. The Morgan fingerprint density at radius 2 is 1.52 bits per heavy atom. The van der Waals surface area contributed by atoms with E-state index in [4.69, 9.17) is 0 Å². The molecule has 0 amide bonds. The van der Waals surface area contributed by atoms with Gasteiger partial charge in [0.05, 0.1) is 0 Å². The summed E-state index contributed by atoms with van der Waals surface area (Å²) in [5.41, 5.74) is 5.52. The molecule has 4 heteroatoms. The smallest absolute Gasteiger partial charge is 0.0494 e. The molecule has 0 unspecified atom stereocenters. The average Bonchev–Trinajstić information content (AvgIpc) is 2.97. The molecule has 27 heavy (non-hydrogen) atoms. The molecule has 1 aromatic heterocycles. The first-order valence-corrected chi connectivity index (χ1v) is 11.4. The van der Waals surface area contributed by atoms with Crippen LogP contribution < -0.4 is 5.32 Å². The Morgan fingerprint density at radius 3 is 1.89 bits per heavy atom. The predicted molar refractivity (Wildman–Crippen MR) is 126 cm³/mol. The van der Waals surface area contributed by atoms with Crippen LogP contribution in [0.25, 0.3) is 0 Å². The number of thiophene rings is 1. The normalized spacial score (nSPS) is 9.81. The number of hydrogen-bond donors (Lipinski definition) is 1. The van der Waals surface area contributed by atoms with Gasteiger partial charge in [-0.15, -0.1) is 17.9 Å². The van der Waals surface area contributed by atoms with Crippen molar-refractivity contribution in [3.63, 3.8) is 0 Å². The van der Waals surface area contributed by atoms with Crippen molar-refractivity contribution in [1.29, 1.82) is 0 Å². The van der Waals surface area contributed by atoms with Gasteiger partial charge in [0.1, 0.15) is 0 Å². The Balaban J connectivity index is 0. The first kappa shape index (κ1) is 28.8. The van der Waals surface area contributed by atoms with E-state index in [1.165, 1.54) is 32.1 Å². The Bertz CT molecular complexity index is 646. The second-order valence-electron chi connectivity index (χ2n) is 7.46. The number of nitrogens with one attached hydrogen (secondary N) is 1. The Hall–Kier alpha value is -0.450. The number of rotatable bonds is 3. The summed E-state index contributed by atoms with van der Waals surface area (Å²) in [4.78, 5) is 2.85. The first-order valence-electron chi connectivity index (χ1n) is 8.98. The number of benzene rings is 1. The molecular weight excluding hydrogens is 535 g/mol. The molecule has 0 aliphatic carbocycles. The topological polar surface area (TPSA) is 12.0 Å². The minimum absolute atomic E-state index is 0. The third-order valence-electron chi connectivity index (χ3n) is 3.52. The number of anilines is 1. The SMILES string of the molecule is C=CC.CSC.Cc1cc(C)c(NCc2ccc(C(C)(C)C)s2)c(C)c1.[Ta]. The molecule has 1 aromatic carbocycles. The monoisotopic (exact) mass is 572 g/mol. The van der Waals surface area contributed by atoms with Crippen molar-refractivity contribution in [3.05, 3.63) is 63.4 Å². The van der Waals surface area contributed by atoms with Gasteiger partial charge in [0, 0.05) is 44.4 Å². The molecule has 1 radical (unpaired) electrons. The Kier molecular flexibility index (Phi) is 15.5. The van der Waals surface area contributed by atoms with Gasteiger partial charge in [-0.25, -0.2) is 0 Å². The van der Waals surface area contributed by atoms with Gasteiger partial charge in [-0.2, -0.15) is 11.8 Å². The quantitative estimate of drug-likeness (QED) is 0.378. The van der Waals surface area contributed by atoms with Crippen molar-refractivity contribution in [1.82, 2.24) is 0 Å². The maximum absolute atomic E-state index is 3.60. The summed E-state index contributed by atoms with van der Waals surface area (Å²) in [5.74, 6) is 0. The van der Waals surface area contributed by atoms with Crippen LogP contribution in [0.5, 0.6) is 0 Å². The van der Waals surface area contributed by atoms with E-state index in [1.807, 2.05) is 30.8 Å². The van der Waals surface area contributed by atoms with Gasteiger partial charge >= 0.3 is 0 Å². The van der Waals surface area contributed by atoms with Gasteiger partial charge in [0.2, 0.25) is 0 Å². The van der Waals surface area contributed by atoms with Crippen LogP contribution in [0.15, 0.2) is 36.9 Å². The van der Waals surface area contributed by atoms with Crippen molar-refractivity contribution < 1.29 is 22.4 Å². The number of allylic oxidation sites excluding steroid dienone is 1.